The first kappa shape index (κ1) is 27.0. The van der Waals surface area contributed by atoms with Gasteiger partial charge in [-0.2, -0.15) is 13.2 Å². The van der Waals surface area contributed by atoms with Crippen molar-refractivity contribution in [3.63, 3.8) is 0 Å². The summed E-state index contributed by atoms with van der Waals surface area (Å²) in [5.41, 5.74) is -4.51. The van der Waals surface area contributed by atoms with E-state index in [1.165, 1.54) is 19.2 Å². The SMILES string of the molecule is CCOC(=O)C(C)COc1ccc(C(C)C(O)(c2ccc(=O)n(C)c2)C(F)(F)F)c(Cl)c1Cl. The molecule has 1 aromatic carbocycles. The van der Waals surface area contributed by atoms with Gasteiger partial charge in [0, 0.05) is 30.8 Å². The van der Waals surface area contributed by atoms with Gasteiger partial charge in [0.15, 0.2) is 5.60 Å². The minimum absolute atomic E-state index is 0.0615. The summed E-state index contributed by atoms with van der Waals surface area (Å²) in [7, 11) is 1.28. The smallest absolute Gasteiger partial charge is 0.422 e. The summed E-state index contributed by atoms with van der Waals surface area (Å²) in [5, 5.41) is 10.5. The second-order valence-corrected chi connectivity index (χ2v) is 8.35. The highest BCUT2D eigenvalue weighted by Crippen LogP contribution is 2.51. The van der Waals surface area contributed by atoms with Crippen LogP contribution in [0.25, 0.3) is 0 Å². The van der Waals surface area contributed by atoms with E-state index >= 15 is 0 Å². The van der Waals surface area contributed by atoms with Gasteiger partial charge >= 0.3 is 12.1 Å². The molecule has 0 radical (unpaired) electrons. The van der Waals surface area contributed by atoms with Gasteiger partial charge in [-0.15, -0.1) is 0 Å². The van der Waals surface area contributed by atoms with Gasteiger partial charge in [-0.05, 0) is 31.5 Å². The molecule has 0 saturated heterocycles. The molecule has 0 aliphatic heterocycles. The molecule has 0 fully saturated rings. The van der Waals surface area contributed by atoms with Crippen LogP contribution in [0.15, 0.2) is 35.3 Å². The summed E-state index contributed by atoms with van der Waals surface area (Å²) in [6.07, 6.45) is -4.18. The molecule has 2 aromatic rings. The van der Waals surface area contributed by atoms with Crippen molar-refractivity contribution in [2.75, 3.05) is 13.2 Å². The predicted octanol–water partition coefficient (Wildman–Crippen LogP) is 4.82. The number of benzene rings is 1. The number of halogens is 5. The Balaban J connectivity index is 2.43. The molecule has 3 unspecified atom stereocenters. The van der Waals surface area contributed by atoms with Crippen molar-refractivity contribution in [1.82, 2.24) is 4.57 Å². The van der Waals surface area contributed by atoms with Gasteiger partial charge in [0.25, 0.3) is 0 Å². The minimum Gasteiger partial charge on any atom is -0.491 e. The van der Waals surface area contributed by atoms with E-state index in [0.717, 1.165) is 29.8 Å². The zero-order chi connectivity index (χ0) is 25.1. The molecule has 182 valence electrons. The maximum Gasteiger partial charge on any atom is 0.422 e. The number of esters is 1. The Morgan fingerprint density at radius 2 is 1.79 bits per heavy atom. The van der Waals surface area contributed by atoms with E-state index in [0.29, 0.717) is 0 Å². The molecule has 1 N–H and O–H groups in total. The number of hydrogen-bond acceptors (Lipinski definition) is 5. The van der Waals surface area contributed by atoms with E-state index in [1.54, 1.807) is 13.8 Å². The van der Waals surface area contributed by atoms with Gasteiger partial charge in [-0.1, -0.05) is 36.2 Å². The third-order valence-electron chi connectivity index (χ3n) is 5.31. The number of alkyl halides is 3. The summed E-state index contributed by atoms with van der Waals surface area (Å²) >= 11 is 12.5. The molecule has 11 heteroatoms. The van der Waals surface area contributed by atoms with Crippen LogP contribution in [0.5, 0.6) is 5.75 Å². The summed E-state index contributed by atoms with van der Waals surface area (Å²) in [6.45, 7) is 4.52. The molecule has 0 aliphatic carbocycles. The van der Waals surface area contributed by atoms with Crippen LogP contribution in [0.4, 0.5) is 13.2 Å². The van der Waals surface area contributed by atoms with E-state index in [9.17, 15) is 27.9 Å². The standard InChI is InChI=1S/C22H24Cl2F3NO5/c1-5-32-20(30)12(2)11-33-16-8-7-15(18(23)19(16)24)13(3)21(31,22(25,26)27)14-6-9-17(29)28(4)10-14/h6-10,12-13,31H,5,11H2,1-4H3. The molecule has 33 heavy (non-hydrogen) atoms. The van der Waals surface area contributed by atoms with Crippen molar-refractivity contribution in [3.05, 3.63) is 62.0 Å². The maximum absolute atomic E-state index is 14.1. The van der Waals surface area contributed by atoms with Crippen LogP contribution in [0.3, 0.4) is 0 Å². The Labute approximate surface area is 198 Å². The first-order valence-corrected chi connectivity index (χ1v) is 10.7. The first-order chi connectivity index (χ1) is 15.3. The van der Waals surface area contributed by atoms with Crippen LogP contribution >= 0.6 is 23.2 Å². The Morgan fingerprint density at radius 1 is 1.15 bits per heavy atom. The fourth-order valence-corrected chi connectivity index (χ4v) is 3.81. The zero-order valence-corrected chi connectivity index (χ0v) is 19.9. The van der Waals surface area contributed by atoms with Crippen LogP contribution in [0, 0.1) is 5.92 Å². The highest BCUT2D eigenvalue weighted by Gasteiger charge is 2.59. The quantitative estimate of drug-likeness (QED) is 0.516. The molecule has 0 saturated carbocycles. The number of aryl methyl sites for hydroxylation is 1. The maximum atomic E-state index is 14.1. The fraction of sp³-hybridized carbons (Fsp3) is 0.455. The minimum atomic E-state index is -5.11. The van der Waals surface area contributed by atoms with E-state index in [2.05, 4.69) is 0 Å². The van der Waals surface area contributed by atoms with Crippen LogP contribution in [0.1, 0.15) is 37.8 Å². The Bertz CT molecular complexity index is 1070. The number of aromatic nitrogens is 1. The Hall–Kier alpha value is -2.23. The highest BCUT2D eigenvalue weighted by atomic mass is 35.5. The van der Waals surface area contributed by atoms with Crippen molar-refractivity contribution in [3.8, 4) is 5.75 Å². The number of carbonyl (C=O) groups is 1. The van der Waals surface area contributed by atoms with Crippen LogP contribution in [-0.2, 0) is 22.2 Å². The number of rotatable bonds is 8. The second-order valence-electron chi connectivity index (χ2n) is 7.60. The van der Waals surface area contributed by atoms with Crippen molar-refractivity contribution in [1.29, 1.82) is 0 Å². The second kappa shape index (κ2) is 10.4. The highest BCUT2D eigenvalue weighted by molar-refractivity contribution is 6.43. The lowest BCUT2D eigenvalue weighted by Gasteiger charge is -2.37. The molecular weight excluding hydrogens is 486 g/mol. The van der Waals surface area contributed by atoms with Crippen LogP contribution in [0.2, 0.25) is 10.0 Å². The van der Waals surface area contributed by atoms with Crippen molar-refractivity contribution in [2.45, 2.75) is 38.5 Å². The monoisotopic (exact) mass is 509 g/mol. The molecule has 3 atom stereocenters. The van der Waals surface area contributed by atoms with Crippen LogP contribution in [-0.4, -0.2) is 35.0 Å². The summed E-state index contributed by atoms with van der Waals surface area (Å²) in [6, 6.07) is 4.45. The summed E-state index contributed by atoms with van der Waals surface area (Å²) < 4.78 is 53.7. The number of nitrogens with zero attached hydrogens (tertiary/aromatic N) is 1. The number of pyridine rings is 1. The Morgan fingerprint density at radius 3 is 2.33 bits per heavy atom. The molecular formula is C22H24Cl2F3NO5. The average Bonchev–Trinajstić information content (AvgIpc) is 2.74. The van der Waals surface area contributed by atoms with E-state index in [-0.39, 0.29) is 34.6 Å². The van der Waals surface area contributed by atoms with Gasteiger partial charge in [-0.25, -0.2) is 0 Å². The lowest BCUT2D eigenvalue weighted by Crippen LogP contribution is -2.47. The average molecular weight is 510 g/mol. The lowest BCUT2D eigenvalue weighted by molar-refractivity contribution is -0.274. The van der Waals surface area contributed by atoms with Crippen molar-refractivity contribution in [2.24, 2.45) is 13.0 Å². The summed E-state index contributed by atoms with van der Waals surface area (Å²) in [4.78, 5) is 23.4. The topological polar surface area (TPSA) is 77.8 Å². The molecule has 0 bridgehead atoms. The molecule has 1 aromatic heterocycles. The van der Waals surface area contributed by atoms with Crippen molar-refractivity contribution < 1.29 is 32.5 Å². The van der Waals surface area contributed by atoms with Gasteiger partial charge in [0.2, 0.25) is 5.56 Å². The largest absolute Gasteiger partial charge is 0.491 e. The molecule has 0 amide bonds. The van der Waals surface area contributed by atoms with Gasteiger partial charge in [-0.3, -0.25) is 9.59 Å². The molecule has 1 heterocycles. The first-order valence-electron chi connectivity index (χ1n) is 9.99. The number of ether oxygens (including phenoxy) is 2. The fourth-order valence-electron chi connectivity index (χ4n) is 3.26. The van der Waals surface area contributed by atoms with E-state index in [4.69, 9.17) is 32.7 Å². The molecule has 6 nitrogen and oxygen atoms in total. The lowest BCUT2D eigenvalue weighted by atomic mass is 9.78. The molecule has 0 aliphatic rings. The van der Waals surface area contributed by atoms with Crippen LogP contribution < -0.4 is 10.3 Å². The van der Waals surface area contributed by atoms with Gasteiger partial charge in [0.1, 0.15) is 17.4 Å². The van der Waals surface area contributed by atoms with Gasteiger partial charge < -0.3 is 19.1 Å². The zero-order valence-electron chi connectivity index (χ0n) is 18.4. The molecule has 2 rings (SSSR count). The third kappa shape index (κ3) is 5.47. The predicted molar refractivity (Wildman–Crippen MR) is 118 cm³/mol. The number of hydrogen-bond donors (Lipinski definition) is 1. The van der Waals surface area contributed by atoms with E-state index in [1.807, 2.05) is 0 Å². The third-order valence-corrected chi connectivity index (χ3v) is 6.18. The molecule has 0 spiro atoms. The summed E-state index contributed by atoms with van der Waals surface area (Å²) in [5.74, 6) is -2.63. The number of aliphatic hydroxyl groups is 1. The Kier molecular flexibility index (Phi) is 8.48. The van der Waals surface area contributed by atoms with E-state index < -0.39 is 40.7 Å². The number of carbonyl (C=O) groups excluding carboxylic acids is 1. The van der Waals surface area contributed by atoms with Gasteiger partial charge in [0.05, 0.1) is 17.5 Å². The normalized spacial score (nSPS) is 15.5. The van der Waals surface area contributed by atoms with Crippen molar-refractivity contribution >= 4 is 29.2 Å².